The number of anilines is 1. The summed E-state index contributed by atoms with van der Waals surface area (Å²) in [5, 5.41) is 3.59. The summed E-state index contributed by atoms with van der Waals surface area (Å²) < 4.78 is 0. The summed E-state index contributed by atoms with van der Waals surface area (Å²) in [6, 6.07) is 2.66. The molecule has 0 amide bonds. The van der Waals surface area contributed by atoms with Crippen LogP contribution in [-0.4, -0.2) is 40.5 Å². The van der Waals surface area contributed by atoms with Crippen molar-refractivity contribution in [1.82, 2.24) is 14.9 Å². The third kappa shape index (κ3) is 2.27. The van der Waals surface area contributed by atoms with E-state index in [1.807, 2.05) is 0 Å². The Morgan fingerprint density at radius 3 is 2.82 bits per heavy atom. The van der Waals surface area contributed by atoms with Gasteiger partial charge in [0, 0.05) is 24.3 Å². The maximum atomic E-state index is 4.32. The molecule has 4 rings (SSSR count). The molecule has 4 nitrogen and oxygen atoms in total. The summed E-state index contributed by atoms with van der Waals surface area (Å²) in [6.07, 6.45) is 5.31. The van der Waals surface area contributed by atoms with Gasteiger partial charge in [0.15, 0.2) is 0 Å². The van der Waals surface area contributed by atoms with Gasteiger partial charge >= 0.3 is 0 Å². The van der Waals surface area contributed by atoms with Crippen molar-refractivity contribution in [1.29, 1.82) is 0 Å². The zero-order valence-corrected chi connectivity index (χ0v) is 10.4. The number of aryl methyl sites for hydroxylation is 1. The fourth-order valence-electron chi connectivity index (χ4n) is 2.99. The average molecular weight is 232 g/mol. The SMILES string of the molecule is CCc1cc(NC2CN3CCC2CC3)ncn1. The van der Waals surface area contributed by atoms with E-state index in [4.69, 9.17) is 0 Å². The van der Waals surface area contributed by atoms with E-state index >= 15 is 0 Å². The molecule has 17 heavy (non-hydrogen) atoms. The summed E-state index contributed by atoms with van der Waals surface area (Å²) in [5.74, 6) is 1.83. The number of hydrogen-bond acceptors (Lipinski definition) is 4. The number of nitrogens with zero attached hydrogens (tertiary/aromatic N) is 3. The predicted molar refractivity (Wildman–Crippen MR) is 68.0 cm³/mol. The molecule has 1 aromatic heterocycles. The first-order valence-electron chi connectivity index (χ1n) is 6.65. The zero-order valence-electron chi connectivity index (χ0n) is 10.4. The quantitative estimate of drug-likeness (QED) is 0.858. The molecule has 0 aliphatic carbocycles. The van der Waals surface area contributed by atoms with Gasteiger partial charge in [-0.15, -0.1) is 0 Å². The minimum atomic E-state index is 0.581. The summed E-state index contributed by atoms with van der Waals surface area (Å²) in [7, 11) is 0. The highest BCUT2D eigenvalue weighted by Crippen LogP contribution is 2.29. The Balaban J connectivity index is 1.70. The molecule has 0 radical (unpaired) electrons. The van der Waals surface area contributed by atoms with E-state index in [2.05, 4.69) is 33.2 Å². The van der Waals surface area contributed by atoms with Gasteiger partial charge in [0.2, 0.25) is 0 Å². The molecule has 92 valence electrons. The van der Waals surface area contributed by atoms with Gasteiger partial charge in [-0.1, -0.05) is 6.92 Å². The molecule has 1 N–H and O–H groups in total. The van der Waals surface area contributed by atoms with Gasteiger partial charge in [-0.25, -0.2) is 9.97 Å². The smallest absolute Gasteiger partial charge is 0.129 e. The van der Waals surface area contributed by atoms with E-state index in [0.29, 0.717) is 6.04 Å². The van der Waals surface area contributed by atoms with Crippen molar-refractivity contribution in [2.45, 2.75) is 32.2 Å². The van der Waals surface area contributed by atoms with Crippen molar-refractivity contribution in [3.63, 3.8) is 0 Å². The lowest BCUT2D eigenvalue weighted by atomic mass is 9.84. The molecule has 2 bridgehead atoms. The first-order valence-corrected chi connectivity index (χ1v) is 6.65. The summed E-state index contributed by atoms with van der Waals surface area (Å²) in [4.78, 5) is 11.1. The van der Waals surface area contributed by atoms with Gasteiger partial charge in [-0.05, 0) is 38.3 Å². The predicted octanol–water partition coefficient (Wildman–Crippen LogP) is 1.55. The van der Waals surface area contributed by atoms with Crippen LogP contribution in [0.5, 0.6) is 0 Å². The van der Waals surface area contributed by atoms with Crippen LogP contribution in [-0.2, 0) is 6.42 Å². The molecule has 3 saturated heterocycles. The van der Waals surface area contributed by atoms with E-state index in [0.717, 1.165) is 23.9 Å². The summed E-state index contributed by atoms with van der Waals surface area (Å²) in [6.45, 7) is 5.87. The van der Waals surface area contributed by atoms with Crippen LogP contribution in [0.25, 0.3) is 0 Å². The molecule has 3 aliphatic rings. The first kappa shape index (κ1) is 11.0. The van der Waals surface area contributed by atoms with Crippen molar-refractivity contribution in [2.75, 3.05) is 25.0 Å². The van der Waals surface area contributed by atoms with E-state index in [1.54, 1.807) is 6.33 Å². The minimum absolute atomic E-state index is 0.581. The molecule has 4 heterocycles. The Morgan fingerprint density at radius 2 is 2.18 bits per heavy atom. The Hall–Kier alpha value is -1.16. The first-order chi connectivity index (χ1) is 8.35. The lowest BCUT2D eigenvalue weighted by Gasteiger charge is -2.45. The maximum absolute atomic E-state index is 4.32. The number of aromatic nitrogens is 2. The van der Waals surface area contributed by atoms with E-state index in [1.165, 1.54) is 32.5 Å². The molecule has 0 spiro atoms. The molecule has 1 atom stereocenters. The molecule has 3 aliphatic heterocycles. The molecular formula is C13H20N4. The maximum Gasteiger partial charge on any atom is 0.129 e. The molecule has 4 heteroatoms. The highest BCUT2D eigenvalue weighted by atomic mass is 15.2. The number of nitrogens with one attached hydrogen (secondary N) is 1. The Bertz CT molecular complexity index is 385. The van der Waals surface area contributed by atoms with Crippen LogP contribution in [0.15, 0.2) is 12.4 Å². The van der Waals surface area contributed by atoms with Crippen LogP contribution in [0.3, 0.4) is 0 Å². The largest absolute Gasteiger partial charge is 0.366 e. The molecule has 1 aromatic rings. The van der Waals surface area contributed by atoms with Crippen LogP contribution in [0.2, 0.25) is 0 Å². The molecular weight excluding hydrogens is 212 g/mol. The average Bonchev–Trinajstić information content (AvgIpc) is 2.40. The summed E-state index contributed by atoms with van der Waals surface area (Å²) in [5.41, 5.74) is 1.11. The number of piperidine rings is 3. The molecule has 0 aromatic carbocycles. The van der Waals surface area contributed by atoms with Gasteiger partial charge in [0.25, 0.3) is 0 Å². The third-order valence-corrected chi connectivity index (χ3v) is 4.08. The summed E-state index contributed by atoms with van der Waals surface area (Å²) >= 11 is 0. The normalized spacial score (nSPS) is 31.5. The van der Waals surface area contributed by atoms with Crippen LogP contribution in [0.1, 0.15) is 25.5 Å². The van der Waals surface area contributed by atoms with Crippen LogP contribution in [0.4, 0.5) is 5.82 Å². The topological polar surface area (TPSA) is 41.0 Å². The van der Waals surface area contributed by atoms with Gasteiger partial charge in [0.05, 0.1) is 0 Å². The van der Waals surface area contributed by atoms with E-state index in [-0.39, 0.29) is 0 Å². The Morgan fingerprint density at radius 1 is 1.35 bits per heavy atom. The lowest BCUT2D eigenvalue weighted by Crippen LogP contribution is -2.53. The number of hydrogen-bond donors (Lipinski definition) is 1. The molecule has 0 saturated carbocycles. The van der Waals surface area contributed by atoms with Gasteiger partial charge in [0.1, 0.15) is 12.1 Å². The number of fused-ring (bicyclic) bond motifs is 3. The van der Waals surface area contributed by atoms with Crippen molar-refractivity contribution in [2.24, 2.45) is 5.92 Å². The van der Waals surface area contributed by atoms with Crippen molar-refractivity contribution >= 4 is 5.82 Å². The van der Waals surface area contributed by atoms with Crippen molar-refractivity contribution < 1.29 is 0 Å². The van der Waals surface area contributed by atoms with Crippen LogP contribution < -0.4 is 5.32 Å². The number of rotatable bonds is 3. The lowest BCUT2D eigenvalue weighted by molar-refractivity contribution is 0.0974. The van der Waals surface area contributed by atoms with Gasteiger partial charge < -0.3 is 10.2 Å². The Labute approximate surface area is 102 Å². The highest BCUT2D eigenvalue weighted by molar-refractivity contribution is 5.36. The fourth-order valence-corrected chi connectivity index (χ4v) is 2.99. The van der Waals surface area contributed by atoms with Crippen LogP contribution in [0, 0.1) is 5.92 Å². The zero-order chi connectivity index (χ0) is 11.7. The standard InChI is InChI=1S/C13H20N4/c1-2-11-7-13(15-9-14-11)16-12-8-17-5-3-10(12)4-6-17/h7,9-10,12H,2-6,8H2,1H3,(H,14,15,16). The van der Waals surface area contributed by atoms with Crippen LogP contribution >= 0.6 is 0 Å². The van der Waals surface area contributed by atoms with Crippen molar-refractivity contribution in [3.05, 3.63) is 18.1 Å². The van der Waals surface area contributed by atoms with E-state index in [9.17, 15) is 0 Å². The highest BCUT2D eigenvalue weighted by Gasteiger charge is 2.34. The minimum Gasteiger partial charge on any atom is -0.366 e. The molecule has 1 unspecified atom stereocenters. The monoisotopic (exact) mass is 232 g/mol. The van der Waals surface area contributed by atoms with Gasteiger partial charge in [-0.3, -0.25) is 0 Å². The Kier molecular flexibility index (Phi) is 2.97. The third-order valence-electron chi connectivity index (χ3n) is 4.08. The van der Waals surface area contributed by atoms with Gasteiger partial charge in [-0.2, -0.15) is 0 Å². The fraction of sp³-hybridized carbons (Fsp3) is 0.692. The van der Waals surface area contributed by atoms with Crippen molar-refractivity contribution in [3.8, 4) is 0 Å². The molecule has 3 fully saturated rings. The van der Waals surface area contributed by atoms with E-state index < -0.39 is 0 Å². The second-order valence-corrected chi connectivity index (χ2v) is 5.14. The second kappa shape index (κ2) is 4.61. The second-order valence-electron chi connectivity index (χ2n) is 5.14.